The summed E-state index contributed by atoms with van der Waals surface area (Å²) in [7, 11) is 3.79. The van der Waals surface area contributed by atoms with E-state index < -0.39 is 11.8 Å². The van der Waals surface area contributed by atoms with Crippen LogP contribution in [0.1, 0.15) is 19.4 Å². The van der Waals surface area contributed by atoms with Crippen LogP contribution in [0.5, 0.6) is 5.75 Å². The predicted molar refractivity (Wildman–Crippen MR) is 108 cm³/mol. The average Bonchev–Trinajstić information content (AvgIpc) is 2.84. The molecule has 0 aliphatic carbocycles. The van der Waals surface area contributed by atoms with Crippen molar-refractivity contribution in [2.45, 2.75) is 20.0 Å². The van der Waals surface area contributed by atoms with E-state index in [9.17, 15) is 9.59 Å². The van der Waals surface area contributed by atoms with E-state index in [1.807, 2.05) is 38.9 Å². The molecule has 0 N–H and O–H groups in total. The third-order valence-corrected chi connectivity index (χ3v) is 4.50. The van der Waals surface area contributed by atoms with Gasteiger partial charge in [-0.05, 0) is 49.7 Å². The van der Waals surface area contributed by atoms with E-state index in [2.05, 4.69) is 0 Å². The lowest BCUT2D eigenvalue weighted by Gasteiger charge is -2.18. The average molecular weight is 385 g/mol. The van der Waals surface area contributed by atoms with Gasteiger partial charge in [0, 0.05) is 19.8 Å². The molecule has 0 fully saturated rings. The number of rotatable bonds is 5. The molecule has 0 atom stereocenters. The Morgan fingerprint density at radius 1 is 1.00 bits per heavy atom. The number of halogens is 1. The summed E-state index contributed by atoms with van der Waals surface area (Å²) in [5.41, 5.74) is 2.16. The first-order chi connectivity index (χ1) is 12.8. The number of hydrogen-bond acceptors (Lipinski definition) is 4. The summed E-state index contributed by atoms with van der Waals surface area (Å²) in [6.45, 7) is 3.87. The van der Waals surface area contributed by atoms with Crippen molar-refractivity contribution in [1.29, 1.82) is 0 Å². The molecule has 1 aliphatic rings. The Labute approximate surface area is 163 Å². The highest BCUT2D eigenvalue weighted by molar-refractivity contribution is 6.60. The standard InChI is InChI=1S/C21H21ClN2O3/c1-13(2)27-17-10-8-14(9-11-17)18-19(22)21(26)24(20(18)25)16-7-5-6-15(12-16)23(3)4/h5-13H,1-4H3. The van der Waals surface area contributed by atoms with Crippen LogP contribution in [0.4, 0.5) is 11.4 Å². The SMILES string of the molecule is CC(C)Oc1ccc(C2=C(Cl)C(=O)N(c3cccc(N(C)C)c3)C2=O)cc1. The highest BCUT2D eigenvalue weighted by atomic mass is 35.5. The largest absolute Gasteiger partial charge is 0.491 e. The molecule has 3 rings (SSSR count). The Morgan fingerprint density at radius 3 is 2.26 bits per heavy atom. The lowest BCUT2D eigenvalue weighted by Crippen LogP contribution is -2.31. The van der Waals surface area contributed by atoms with E-state index in [0.717, 1.165) is 10.6 Å². The van der Waals surface area contributed by atoms with Gasteiger partial charge in [0.05, 0.1) is 17.4 Å². The first-order valence-electron chi connectivity index (χ1n) is 8.62. The number of amides is 2. The molecule has 0 bridgehead atoms. The molecule has 140 valence electrons. The van der Waals surface area contributed by atoms with Crippen molar-refractivity contribution in [2.24, 2.45) is 0 Å². The lowest BCUT2D eigenvalue weighted by molar-refractivity contribution is -0.119. The van der Waals surface area contributed by atoms with Gasteiger partial charge in [-0.25, -0.2) is 4.90 Å². The number of carbonyl (C=O) groups excluding carboxylic acids is 2. The molecular formula is C21H21ClN2O3. The first kappa shape index (κ1) is 19.0. The molecule has 5 nitrogen and oxygen atoms in total. The minimum atomic E-state index is -0.518. The summed E-state index contributed by atoms with van der Waals surface area (Å²) in [6, 6.07) is 14.2. The predicted octanol–water partition coefficient (Wildman–Crippen LogP) is 4.06. The molecule has 0 saturated carbocycles. The highest BCUT2D eigenvalue weighted by Crippen LogP contribution is 2.36. The first-order valence-corrected chi connectivity index (χ1v) is 9.00. The fraction of sp³-hybridized carbons (Fsp3) is 0.238. The summed E-state index contributed by atoms with van der Waals surface area (Å²) < 4.78 is 5.62. The molecule has 1 heterocycles. The van der Waals surface area contributed by atoms with Crippen LogP contribution in [-0.2, 0) is 9.59 Å². The number of imide groups is 1. The van der Waals surface area contributed by atoms with Gasteiger partial charge in [0.2, 0.25) is 0 Å². The van der Waals surface area contributed by atoms with E-state index in [4.69, 9.17) is 16.3 Å². The fourth-order valence-electron chi connectivity index (χ4n) is 2.87. The number of benzene rings is 2. The molecule has 1 aliphatic heterocycles. The topological polar surface area (TPSA) is 49.9 Å². The van der Waals surface area contributed by atoms with Gasteiger partial charge in [0.1, 0.15) is 10.8 Å². The number of ether oxygens (including phenoxy) is 1. The van der Waals surface area contributed by atoms with Crippen LogP contribution in [0.3, 0.4) is 0 Å². The van der Waals surface area contributed by atoms with Crippen LogP contribution >= 0.6 is 11.6 Å². The van der Waals surface area contributed by atoms with Crippen molar-refractivity contribution in [3.63, 3.8) is 0 Å². The Balaban J connectivity index is 1.94. The lowest BCUT2D eigenvalue weighted by atomic mass is 10.1. The maximum absolute atomic E-state index is 13.0. The van der Waals surface area contributed by atoms with E-state index >= 15 is 0 Å². The Bertz CT molecular complexity index is 917. The van der Waals surface area contributed by atoms with E-state index in [0.29, 0.717) is 17.0 Å². The second-order valence-corrected chi connectivity index (χ2v) is 7.12. The molecule has 0 aromatic heterocycles. The molecular weight excluding hydrogens is 364 g/mol. The van der Waals surface area contributed by atoms with Gasteiger partial charge in [-0.3, -0.25) is 9.59 Å². The van der Waals surface area contributed by atoms with Crippen LogP contribution < -0.4 is 14.5 Å². The number of carbonyl (C=O) groups is 2. The van der Waals surface area contributed by atoms with Crippen molar-refractivity contribution in [2.75, 3.05) is 23.9 Å². The van der Waals surface area contributed by atoms with Gasteiger partial charge >= 0.3 is 0 Å². The summed E-state index contributed by atoms with van der Waals surface area (Å²) in [6.07, 6.45) is 0.0489. The maximum Gasteiger partial charge on any atom is 0.277 e. The van der Waals surface area contributed by atoms with Crippen LogP contribution in [0.15, 0.2) is 53.6 Å². The van der Waals surface area contributed by atoms with E-state index in [-0.39, 0.29) is 16.7 Å². The van der Waals surface area contributed by atoms with Gasteiger partial charge in [-0.1, -0.05) is 29.8 Å². The van der Waals surface area contributed by atoms with Gasteiger partial charge in [-0.2, -0.15) is 0 Å². The molecule has 6 heteroatoms. The van der Waals surface area contributed by atoms with Crippen molar-refractivity contribution in [3.8, 4) is 5.75 Å². The third kappa shape index (κ3) is 3.69. The van der Waals surface area contributed by atoms with E-state index in [1.165, 1.54) is 0 Å². The smallest absolute Gasteiger partial charge is 0.277 e. The van der Waals surface area contributed by atoms with Gasteiger partial charge in [0.15, 0.2) is 0 Å². The second-order valence-electron chi connectivity index (χ2n) is 6.74. The van der Waals surface area contributed by atoms with E-state index in [1.54, 1.807) is 42.5 Å². The molecule has 0 saturated heterocycles. The Hall–Kier alpha value is -2.79. The van der Waals surface area contributed by atoms with Crippen molar-refractivity contribution < 1.29 is 14.3 Å². The Morgan fingerprint density at radius 2 is 1.67 bits per heavy atom. The monoisotopic (exact) mass is 384 g/mol. The number of nitrogens with zero attached hydrogens (tertiary/aromatic N) is 2. The molecule has 0 spiro atoms. The van der Waals surface area contributed by atoms with Crippen LogP contribution in [-0.4, -0.2) is 32.0 Å². The summed E-state index contributed by atoms with van der Waals surface area (Å²) >= 11 is 6.26. The third-order valence-electron chi connectivity index (χ3n) is 4.15. The summed E-state index contributed by atoms with van der Waals surface area (Å²) in [5.74, 6) is -0.258. The second kappa shape index (κ2) is 7.45. The normalized spacial score (nSPS) is 14.4. The van der Waals surface area contributed by atoms with Crippen LogP contribution in [0.25, 0.3) is 5.57 Å². The zero-order chi connectivity index (χ0) is 19.7. The maximum atomic E-state index is 13.0. The number of hydrogen-bond donors (Lipinski definition) is 0. The van der Waals surface area contributed by atoms with Crippen LogP contribution in [0, 0.1) is 0 Å². The van der Waals surface area contributed by atoms with Crippen molar-refractivity contribution in [1.82, 2.24) is 0 Å². The zero-order valence-electron chi connectivity index (χ0n) is 15.7. The fourth-order valence-corrected chi connectivity index (χ4v) is 3.14. The van der Waals surface area contributed by atoms with Crippen LogP contribution in [0.2, 0.25) is 0 Å². The zero-order valence-corrected chi connectivity index (χ0v) is 16.4. The minimum absolute atomic E-state index is 0.0489. The van der Waals surface area contributed by atoms with Crippen molar-refractivity contribution >= 4 is 40.4 Å². The van der Waals surface area contributed by atoms with Gasteiger partial charge in [-0.15, -0.1) is 0 Å². The van der Waals surface area contributed by atoms with Gasteiger partial charge in [0.25, 0.3) is 11.8 Å². The quantitative estimate of drug-likeness (QED) is 0.729. The molecule has 27 heavy (non-hydrogen) atoms. The molecule has 0 radical (unpaired) electrons. The molecule has 2 amide bonds. The number of anilines is 2. The minimum Gasteiger partial charge on any atom is -0.491 e. The Kier molecular flexibility index (Phi) is 5.24. The highest BCUT2D eigenvalue weighted by Gasteiger charge is 2.39. The summed E-state index contributed by atoms with van der Waals surface area (Å²) in [5, 5.41) is -0.0761. The molecule has 2 aromatic rings. The van der Waals surface area contributed by atoms with Gasteiger partial charge < -0.3 is 9.64 Å². The van der Waals surface area contributed by atoms with Crippen molar-refractivity contribution in [3.05, 3.63) is 59.1 Å². The summed E-state index contributed by atoms with van der Waals surface area (Å²) in [4.78, 5) is 28.7. The molecule has 2 aromatic carbocycles. The molecule has 0 unspecified atom stereocenters.